The van der Waals surface area contributed by atoms with Crippen LogP contribution in [0.5, 0.6) is 0 Å². The number of ketones is 1. The molecular formula is C22H20N6O3. The largest absolute Gasteiger partial charge is 0.363 e. The van der Waals surface area contributed by atoms with Gasteiger partial charge in [-0.15, -0.1) is 0 Å². The molecule has 4 aromatic rings. The van der Waals surface area contributed by atoms with Crippen LogP contribution in [-0.4, -0.2) is 43.2 Å². The molecule has 31 heavy (non-hydrogen) atoms. The Balaban J connectivity index is 1.65. The standard InChI is InChI=1S/C22H20N6O3/c1-13-25-12-19(28(13)15-5-4-8-24-11-15)22(31)27-18(20(29)21(23)30)9-14-10-26-17-7-3-2-6-16(14)17/h2-8,10-12,18,26H,9H2,1H3,(H2,23,30)(H,27,31). The van der Waals surface area contributed by atoms with E-state index in [1.54, 1.807) is 42.2 Å². The second kappa shape index (κ2) is 8.23. The third-order valence-electron chi connectivity index (χ3n) is 5.04. The van der Waals surface area contributed by atoms with Gasteiger partial charge in [-0.05, 0) is 30.7 Å². The molecule has 0 bridgehead atoms. The number of imidazole rings is 1. The Labute approximate surface area is 177 Å². The van der Waals surface area contributed by atoms with Crippen LogP contribution in [0, 0.1) is 6.92 Å². The third kappa shape index (κ3) is 3.93. The minimum atomic E-state index is -1.12. The predicted octanol–water partition coefficient (Wildman–Crippen LogP) is 1.45. The number of primary amides is 1. The van der Waals surface area contributed by atoms with E-state index in [-0.39, 0.29) is 12.1 Å². The van der Waals surface area contributed by atoms with Crippen molar-refractivity contribution in [2.75, 3.05) is 0 Å². The molecule has 0 aliphatic carbocycles. The van der Waals surface area contributed by atoms with Gasteiger partial charge >= 0.3 is 0 Å². The number of hydrogen-bond donors (Lipinski definition) is 3. The number of pyridine rings is 1. The number of Topliss-reactive ketones (excluding diaryl/α,β-unsaturated/α-hetero) is 1. The van der Waals surface area contributed by atoms with Crippen molar-refractivity contribution < 1.29 is 14.4 Å². The van der Waals surface area contributed by atoms with Crippen molar-refractivity contribution in [1.82, 2.24) is 24.8 Å². The van der Waals surface area contributed by atoms with Crippen molar-refractivity contribution >= 4 is 28.5 Å². The molecule has 0 saturated carbocycles. The number of aryl methyl sites for hydroxylation is 1. The summed E-state index contributed by atoms with van der Waals surface area (Å²) in [6.45, 7) is 1.75. The van der Waals surface area contributed by atoms with E-state index in [1.165, 1.54) is 6.20 Å². The van der Waals surface area contributed by atoms with Crippen molar-refractivity contribution in [3.05, 3.63) is 78.3 Å². The van der Waals surface area contributed by atoms with Gasteiger partial charge in [0.05, 0.1) is 18.1 Å². The van der Waals surface area contributed by atoms with Crippen molar-refractivity contribution in [2.45, 2.75) is 19.4 Å². The summed E-state index contributed by atoms with van der Waals surface area (Å²) in [6.07, 6.45) is 6.50. The zero-order chi connectivity index (χ0) is 22.0. The average molecular weight is 416 g/mol. The van der Waals surface area contributed by atoms with Crippen LogP contribution in [0.25, 0.3) is 16.6 Å². The van der Waals surface area contributed by atoms with E-state index in [9.17, 15) is 14.4 Å². The lowest BCUT2D eigenvalue weighted by Gasteiger charge is -2.17. The average Bonchev–Trinajstić information content (AvgIpc) is 3.37. The molecule has 9 nitrogen and oxygen atoms in total. The molecule has 1 aromatic carbocycles. The first kappa shape index (κ1) is 20.0. The zero-order valence-corrected chi connectivity index (χ0v) is 16.7. The smallest absolute Gasteiger partial charge is 0.287 e. The molecule has 0 radical (unpaired) electrons. The number of benzene rings is 1. The maximum Gasteiger partial charge on any atom is 0.287 e. The number of rotatable bonds is 7. The number of amides is 2. The lowest BCUT2D eigenvalue weighted by molar-refractivity contribution is -0.137. The summed E-state index contributed by atoms with van der Waals surface area (Å²) in [5, 5.41) is 3.55. The molecule has 9 heteroatoms. The summed E-state index contributed by atoms with van der Waals surface area (Å²) >= 11 is 0. The first-order valence-corrected chi connectivity index (χ1v) is 9.60. The number of para-hydroxylation sites is 1. The van der Waals surface area contributed by atoms with Crippen LogP contribution in [-0.2, 0) is 16.0 Å². The molecule has 2 amide bonds. The number of H-pyrrole nitrogens is 1. The van der Waals surface area contributed by atoms with Gasteiger partial charge in [0.25, 0.3) is 11.8 Å². The molecule has 156 valence electrons. The number of aromatic amines is 1. The maximum absolute atomic E-state index is 13.1. The summed E-state index contributed by atoms with van der Waals surface area (Å²) in [6, 6.07) is 9.97. The van der Waals surface area contributed by atoms with Crippen LogP contribution in [0.4, 0.5) is 0 Å². The van der Waals surface area contributed by atoms with Gasteiger partial charge in [-0.2, -0.15) is 0 Å². The van der Waals surface area contributed by atoms with E-state index in [4.69, 9.17) is 5.73 Å². The number of nitrogens with zero attached hydrogens (tertiary/aromatic N) is 3. The monoisotopic (exact) mass is 416 g/mol. The molecule has 3 heterocycles. The summed E-state index contributed by atoms with van der Waals surface area (Å²) in [4.78, 5) is 48.6. The number of hydrogen-bond acceptors (Lipinski definition) is 5. The lowest BCUT2D eigenvalue weighted by Crippen LogP contribution is -2.47. The normalized spacial score (nSPS) is 11.9. The van der Waals surface area contributed by atoms with Crippen LogP contribution in [0.15, 0.2) is 61.2 Å². The molecular weight excluding hydrogens is 396 g/mol. The Morgan fingerprint density at radius 3 is 2.71 bits per heavy atom. The minimum Gasteiger partial charge on any atom is -0.363 e. The summed E-state index contributed by atoms with van der Waals surface area (Å²) in [7, 11) is 0. The molecule has 4 N–H and O–H groups in total. The van der Waals surface area contributed by atoms with Gasteiger partial charge in [-0.3, -0.25) is 23.9 Å². The van der Waals surface area contributed by atoms with Gasteiger partial charge in [0.2, 0.25) is 5.78 Å². The number of carbonyl (C=O) groups excluding carboxylic acids is 3. The topological polar surface area (TPSA) is 136 Å². The SMILES string of the molecule is Cc1ncc(C(=O)NC(Cc2c[nH]c3ccccc23)C(=O)C(N)=O)n1-c1cccnc1. The van der Waals surface area contributed by atoms with Crippen LogP contribution in [0.3, 0.4) is 0 Å². The third-order valence-corrected chi connectivity index (χ3v) is 5.04. The first-order valence-electron chi connectivity index (χ1n) is 9.60. The second-order valence-corrected chi connectivity index (χ2v) is 7.06. The van der Waals surface area contributed by atoms with Crippen molar-refractivity contribution in [2.24, 2.45) is 5.73 Å². The Morgan fingerprint density at radius 2 is 1.97 bits per heavy atom. The van der Waals surface area contributed by atoms with E-state index in [1.807, 2.05) is 24.3 Å². The van der Waals surface area contributed by atoms with E-state index in [0.717, 1.165) is 16.5 Å². The number of fused-ring (bicyclic) bond motifs is 1. The highest BCUT2D eigenvalue weighted by Crippen LogP contribution is 2.20. The minimum absolute atomic E-state index is 0.109. The van der Waals surface area contributed by atoms with E-state index in [2.05, 4.69) is 20.3 Å². The summed E-state index contributed by atoms with van der Waals surface area (Å²) < 4.78 is 1.62. The summed E-state index contributed by atoms with van der Waals surface area (Å²) in [5.74, 6) is -1.96. The molecule has 4 rings (SSSR count). The Hall–Kier alpha value is -4.27. The van der Waals surface area contributed by atoms with Gasteiger partial charge in [-0.1, -0.05) is 18.2 Å². The van der Waals surface area contributed by atoms with Crippen LogP contribution in [0.1, 0.15) is 21.9 Å². The van der Waals surface area contributed by atoms with Crippen LogP contribution < -0.4 is 11.1 Å². The van der Waals surface area contributed by atoms with E-state index in [0.29, 0.717) is 11.5 Å². The lowest BCUT2D eigenvalue weighted by atomic mass is 10.0. The molecule has 3 aromatic heterocycles. The number of carbonyl (C=O) groups is 3. The zero-order valence-electron chi connectivity index (χ0n) is 16.7. The fraction of sp³-hybridized carbons (Fsp3) is 0.136. The number of nitrogens with one attached hydrogen (secondary N) is 2. The van der Waals surface area contributed by atoms with Crippen molar-refractivity contribution in [3.8, 4) is 5.69 Å². The summed E-state index contributed by atoms with van der Waals surface area (Å²) in [5.41, 5.74) is 7.78. The Bertz CT molecular complexity index is 1270. The molecule has 0 saturated heterocycles. The Morgan fingerprint density at radius 1 is 1.16 bits per heavy atom. The Kier molecular flexibility index (Phi) is 5.31. The predicted molar refractivity (Wildman–Crippen MR) is 114 cm³/mol. The van der Waals surface area contributed by atoms with Crippen molar-refractivity contribution in [1.29, 1.82) is 0 Å². The van der Waals surface area contributed by atoms with Crippen LogP contribution in [0.2, 0.25) is 0 Å². The van der Waals surface area contributed by atoms with E-state index >= 15 is 0 Å². The van der Waals surface area contributed by atoms with Gasteiger partial charge in [0.15, 0.2) is 0 Å². The fourth-order valence-electron chi connectivity index (χ4n) is 3.55. The molecule has 1 unspecified atom stereocenters. The van der Waals surface area contributed by atoms with Gasteiger partial charge in [0, 0.05) is 29.7 Å². The highest BCUT2D eigenvalue weighted by molar-refractivity contribution is 6.38. The van der Waals surface area contributed by atoms with Gasteiger partial charge < -0.3 is 16.0 Å². The van der Waals surface area contributed by atoms with Gasteiger partial charge in [0.1, 0.15) is 17.6 Å². The molecule has 1 atom stereocenters. The van der Waals surface area contributed by atoms with Crippen molar-refractivity contribution in [3.63, 3.8) is 0 Å². The highest BCUT2D eigenvalue weighted by atomic mass is 16.2. The molecule has 0 spiro atoms. The molecule has 0 fully saturated rings. The second-order valence-electron chi connectivity index (χ2n) is 7.06. The van der Waals surface area contributed by atoms with E-state index < -0.39 is 23.6 Å². The molecule has 0 aliphatic rings. The first-order chi connectivity index (χ1) is 15.0. The van der Waals surface area contributed by atoms with Gasteiger partial charge in [-0.25, -0.2) is 4.98 Å². The number of nitrogens with two attached hydrogens (primary N) is 1. The maximum atomic E-state index is 13.1. The quantitative estimate of drug-likeness (QED) is 0.392. The van der Waals surface area contributed by atoms with Crippen LogP contribution >= 0.6 is 0 Å². The molecule has 0 aliphatic heterocycles. The fourth-order valence-corrected chi connectivity index (χ4v) is 3.55. The number of aromatic nitrogens is 4. The highest BCUT2D eigenvalue weighted by Gasteiger charge is 2.28.